The highest BCUT2D eigenvalue weighted by molar-refractivity contribution is 6.07. The van der Waals surface area contributed by atoms with Crippen LogP contribution in [0, 0.1) is 0 Å². The number of hydrogen-bond donors (Lipinski definition) is 4. The molecule has 148 valence electrons. The number of carboxylic acid groups (broad SMARTS) is 2. The van der Waals surface area contributed by atoms with Crippen molar-refractivity contribution in [3.8, 4) is 22.3 Å². The second-order valence-corrected chi connectivity index (χ2v) is 6.60. The number of para-hydroxylation sites is 1. The van der Waals surface area contributed by atoms with Crippen molar-refractivity contribution in [1.29, 1.82) is 0 Å². The van der Waals surface area contributed by atoms with Crippen LogP contribution in [-0.4, -0.2) is 32.1 Å². The highest BCUT2D eigenvalue weighted by Gasteiger charge is 2.26. The average Bonchev–Trinajstić information content (AvgIpc) is 2.72. The molecule has 8 heteroatoms. The summed E-state index contributed by atoms with van der Waals surface area (Å²) in [6.07, 6.45) is 1.72. The van der Waals surface area contributed by atoms with Crippen LogP contribution in [0.1, 0.15) is 20.7 Å². The summed E-state index contributed by atoms with van der Waals surface area (Å²) in [7, 11) is 0. The molecule has 0 radical (unpaired) electrons. The second-order valence-electron chi connectivity index (χ2n) is 6.60. The van der Waals surface area contributed by atoms with Crippen LogP contribution in [0.5, 0.6) is 0 Å². The van der Waals surface area contributed by atoms with Gasteiger partial charge >= 0.3 is 11.9 Å². The molecule has 0 aliphatic rings. The molecule has 0 aliphatic carbocycles. The van der Waals surface area contributed by atoms with Gasteiger partial charge in [-0.1, -0.05) is 42.5 Å². The van der Waals surface area contributed by atoms with Gasteiger partial charge in [-0.3, -0.25) is 9.78 Å². The van der Waals surface area contributed by atoms with Crippen molar-refractivity contribution in [3.05, 3.63) is 82.3 Å². The van der Waals surface area contributed by atoms with Crippen LogP contribution < -0.4 is 11.3 Å². The van der Waals surface area contributed by atoms with E-state index in [1.165, 1.54) is 0 Å². The van der Waals surface area contributed by atoms with E-state index in [2.05, 4.69) is 9.97 Å². The van der Waals surface area contributed by atoms with Gasteiger partial charge in [0.1, 0.15) is 16.9 Å². The summed E-state index contributed by atoms with van der Waals surface area (Å²) >= 11 is 0. The molecule has 2 aromatic heterocycles. The maximum Gasteiger partial charge on any atom is 0.342 e. The average molecular weight is 401 g/mol. The Hall–Kier alpha value is -4.46. The number of hydrogen-bond acceptors (Lipinski definition) is 5. The van der Waals surface area contributed by atoms with Gasteiger partial charge in [0.25, 0.3) is 5.56 Å². The summed E-state index contributed by atoms with van der Waals surface area (Å²) in [5.41, 5.74) is 6.05. The number of aromatic nitrogens is 2. The smallest absolute Gasteiger partial charge is 0.342 e. The fourth-order valence-corrected chi connectivity index (χ4v) is 3.39. The molecule has 4 aromatic rings. The van der Waals surface area contributed by atoms with Crippen LogP contribution in [0.4, 0.5) is 5.82 Å². The van der Waals surface area contributed by atoms with Crippen LogP contribution >= 0.6 is 0 Å². The Bertz CT molecular complexity index is 1370. The van der Waals surface area contributed by atoms with Crippen molar-refractivity contribution in [2.75, 3.05) is 5.73 Å². The Balaban J connectivity index is 1.87. The van der Waals surface area contributed by atoms with Crippen molar-refractivity contribution in [3.63, 3.8) is 0 Å². The lowest BCUT2D eigenvalue weighted by molar-refractivity contribution is 0.0695. The Morgan fingerprint density at radius 2 is 1.50 bits per heavy atom. The van der Waals surface area contributed by atoms with Crippen molar-refractivity contribution < 1.29 is 19.8 Å². The molecular weight excluding hydrogens is 386 g/mol. The summed E-state index contributed by atoms with van der Waals surface area (Å²) in [6.45, 7) is 0. The number of nitrogens with zero attached hydrogens (tertiary/aromatic N) is 1. The normalized spacial score (nSPS) is 10.8. The molecule has 0 bridgehead atoms. The number of H-pyrrole nitrogens is 1. The predicted molar refractivity (Wildman–Crippen MR) is 112 cm³/mol. The maximum absolute atomic E-state index is 12.1. The zero-order valence-electron chi connectivity index (χ0n) is 15.4. The van der Waals surface area contributed by atoms with E-state index in [4.69, 9.17) is 5.73 Å². The molecular formula is C22H15N3O5. The quantitative estimate of drug-likeness (QED) is 0.410. The van der Waals surface area contributed by atoms with E-state index in [0.717, 1.165) is 22.0 Å². The number of aromatic carboxylic acids is 2. The Morgan fingerprint density at radius 3 is 2.17 bits per heavy atom. The van der Waals surface area contributed by atoms with Crippen molar-refractivity contribution >= 4 is 28.7 Å². The van der Waals surface area contributed by atoms with Gasteiger partial charge in [0, 0.05) is 22.7 Å². The first-order valence-electron chi connectivity index (χ1n) is 8.84. The first-order valence-corrected chi connectivity index (χ1v) is 8.84. The third-order valence-electron chi connectivity index (χ3n) is 4.77. The summed E-state index contributed by atoms with van der Waals surface area (Å²) < 4.78 is 0. The molecule has 8 nitrogen and oxygen atoms in total. The molecule has 5 N–H and O–H groups in total. The Labute approximate surface area is 169 Å². The Kier molecular flexibility index (Phi) is 4.51. The highest BCUT2D eigenvalue weighted by atomic mass is 16.4. The van der Waals surface area contributed by atoms with Gasteiger partial charge in [-0.2, -0.15) is 0 Å². The van der Waals surface area contributed by atoms with E-state index < -0.39 is 34.4 Å². The molecule has 0 atom stereocenters. The molecule has 2 heterocycles. The number of carboxylic acids is 2. The van der Waals surface area contributed by atoms with Gasteiger partial charge in [-0.15, -0.1) is 0 Å². The molecule has 4 rings (SSSR count). The van der Waals surface area contributed by atoms with Gasteiger partial charge in [-0.05, 0) is 23.3 Å². The zero-order valence-corrected chi connectivity index (χ0v) is 15.4. The number of benzene rings is 2. The number of nitrogens with two attached hydrogens (primary N) is 1. The number of rotatable bonds is 4. The number of nitrogens with one attached hydrogen (secondary N) is 1. The minimum absolute atomic E-state index is 0.237. The standard InChI is InChI=1S/C22H15N3O5/c23-19-17(21(27)28)16(18(22(29)30)20(26)25-19)12-7-5-11(6-8-12)14-9-13-3-1-2-4-15(13)24-10-14/h1-10H,(H,27,28)(H,29,30)(H3,23,25,26). The Morgan fingerprint density at radius 1 is 0.867 bits per heavy atom. The van der Waals surface area contributed by atoms with Crippen LogP contribution in [-0.2, 0) is 0 Å². The lowest BCUT2D eigenvalue weighted by Crippen LogP contribution is -2.24. The van der Waals surface area contributed by atoms with E-state index in [0.29, 0.717) is 0 Å². The van der Waals surface area contributed by atoms with E-state index in [9.17, 15) is 24.6 Å². The minimum atomic E-state index is -1.54. The van der Waals surface area contributed by atoms with Gasteiger partial charge in [0.2, 0.25) is 0 Å². The molecule has 0 saturated heterocycles. The van der Waals surface area contributed by atoms with E-state index >= 15 is 0 Å². The molecule has 0 amide bonds. The number of carbonyl (C=O) groups is 2. The number of nitrogen functional groups attached to an aromatic ring is 1. The summed E-state index contributed by atoms with van der Waals surface area (Å²) in [6, 6.07) is 16.1. The maximum atomic E-state index is 12.1. The third-order valence-corrected chi connectivity index (χ3v) is 4.77. The molecule has 30 heavy (non-hydrogen) atoms. The first-order chi connectivity index (χ1) is 14.4. The van der Waals surface area contributed by atoms with E-state index in [-0.39, 0.29) is 11.1 Å². The second kappa shape index (κ2) is 7.17. The summed E-state index contributed by atoms with van der Waals surface area (Å²) in [5, 5.41) is 20.0. The summed E-state index contributed by atoms with van der Waals surface area (Å²) in [5.74, 6) is -3.39. The molecule has 2 aromatic carbocycles. The van der Waals surface area contributed by atoms with Gasteiger partial charge in [0.05, 0.1) is 5.52 Å². The largest absolute Gasteiger partial charge is 0.478 e. The lowest BCUT2D eigenvalue weighted by Gasteiger charge is -2.12. The van der Waals surface area contributed by atoms with Gasteiger partial charge in [-0.25, -0.2) is 9.59 Å². The molecule has 0 fully saturated rings. The topological polar surface area (TPSA) is 146 Å². The van der Waals surface area contributed by atoms with Gasteiger partial charge in [0.15, 0.2) is 0 Å². The number of aromatic amines is 1. The lowest BCUT2D eigenvalue weighted by atomic mass is 9.94. The highest BCUT2D eigenvalue weighted by Crippen LogP contribution is 2.31. The number of fused-ring (bicyclic) bond motifs is 1. The molecule has 0 aliphatic heterocycles. The SMILES string of the molecule is Nc1[nH]c(=O)c(C(=O)O)c(-c2ccc(-c3cnc4ccccc4c3)cc2)c1C(=O)O. The number of anilines is 1. The molecule has 0 unspecified atom stereocenters. The van der Waals surface area contributed by atoms with Crippen molar-refractivity contribution in [2.45, 2.75) is 0 Å². The monoisotopic (exact) mass is 401 g/mol. The van der Waals surface area contributed by atoms with E-state index in [1.54, 1.807) is 30.5 Å². The van der Waals surface area contributed by atoms with E-state index in [1.807, 2.05) is 30.3 Å². The third kappa shape index (κ3) is 3.16. The fraction of sp³-hybridized carbons (Fsp3) is 0. The van der Waals surface area contributed by atoms with Gasteiger partial charge < -0.3 is 20.9 Å². The zero-order chi connectivity index (χ0) is 21.4. The van der Waals surface area contributed by atoms with Crippen molar-refractivity contribution in [2.24, 2.45) is 0 Å². The summed E-state index contributed by atoms with van der Waals surface area (Å²) in [4.78, 5) is 42.0. The van der Waals surface area contributed by atoms with Crippen LogP contribution in [0.25, 0.3) is 33.2 Å². The van der Waals surface area contributed by atoms with Crippen molar-refractivity contribution in [1.82, 2.24) is 9.97 Å². The molecule has 0 spiro atoms. The number of pyridine rings is 2. The minimum Gasteiger partial charge on any atom is -0.478 e. The van der Waals surface area contributed by atoms with Crippen LogP contribution in [0.3, 0.4) is 0 Å². The predicted octanol–water partition coefficient (Wildman–Crippen LogP) is 3.24. The van der Waals surface area contributed by atoms with Crippen LogP contribution in [0.15, 0.2) is 65.6 Å². The van der Waals surface area contributed by atoms with Crippen LogP contribution in [0.2, 0.25) is 0 Å². The molecule has 0 saturated carbocycles. The fourth-order valence-electron chi connectivity index (χ4n) is 3.39. The first kappa shape index (κ1) is 18.9.